The highest BCUT2D eigenvalue weighted by Crippen LogP contribution is 2.34. The molecule has 24 heavy (non-hydrogen) atoms. The molecule has 2 heterocycles. The Hall–Kier alpha value is -3.15. The highest BCUT2D eigenvalue weighted by Gasteiger charge is 2.13. The molecule has 122 valence electrons. The number of rotatable bonds is 4. The monoisotopic (exact) mass is 323 g/mol. The lowest BCUT2D eigenvalue weighted by molar-refractivity contribution is 0.174. The first-order valence-electron chi connectivity index (χ1n) is 7.78. The van der Waals surface area contributed by atoms with Crippen LogP contribution in [-0.2, 0) is 6.42 Å². The number of aromatic amines is 1. The molecule has 6 nitrogen and oxygen atoms in total. The van der Waals surface area contributed by atoms with Crippen molar-refractivity contribution in [2.45, 2.75) is 6.42 Å². The Morgan fingerprint density at radius 3 is 2.96 bits per heavy atom. The molecule has 2 aromatic carbocycles. The number of hydrogen-bond acceptors (Lipinski definition) is 3. The second-order valence-electron chi connectivity index (χ2n) is 5.60. The van der Waals surface area contributed by atoms with Gasteiger partial charge in [0.25, 0.3) is 0 Å². The number of ether oxygens (including phenoxy) is 2. The number of aromatic nitrogens is 1. The van der Waals surface area contributed by atoms with Crippen molar-refractivity contribution in [3.05, 3.63) is 54.2 Å². The van der Waals surface area contributed by atoms with Crippen LogP contribution in [0.5, 0.6) is 11.5 Å². The molecule has 1 aliphatic rings. The van der Waals surface area contributed by atoms with E-state index in [1.165, 1.54) is 10.9 Å². The van der Waals surface area contributed by atoms with E-state index in [-0.39, 0.29) is 12.8 Å². The minimum atomic E-state index is -0.239. The zero-order chi connectivity index (χ0) is 16.4. The van der Waals surface area contributed by atoms with Crippen molar-refractivity contribution in [1.82, 2.24) is 10.3 Å². The average Bonchev–Trinajstić information content (AvgIpc) is 3.22. The van der Waals surface area contributed by atoms with Gasteiger partial charge in [-0.25, -0.2) is 4.79 Å². The van der Waals surface area contributed by atoms with Gasteiger partial charge >= 0.3 is 6.03 Å². The maximum absolute atomic E-state index is 12.0. The number of carbonyl (C=O) groups excluding carboxylic acids is 1. The van der Waals surface area contributed by atoms with E-state index >= 15 is 0 Å². The van der Waals surface area contributed by atoms with Gasteiger partial charge in [0.15, 0.2) is 11.5 Å². The van der Waals surface area contributed by atoms with Crippen LogP contribution < -0.4 is 20.1 Å². The fourth-order valence-electron chi connectivity index (χ4n) is 2.73. The molecule has 4 rings (SSSR count). The Bertz CT molecular complexity index is 888. The number of nitrogens with one attached hydrogen (secondary N) is 3. The lowest BCUT2D eigenvalue weighted by Crippen LogP contribution is -2.30. The standard InChI is InChI=1S/C18H17N3O3/c22-18(21-14-2-4-16-17(10-14)24-11-23-16)20-7-5-12-1-3-15-13(9-12)6-8-19-15/h1-4,6,8-10,19H,5,7,11H2,(H2,20,21,22). The molecule has 3 aromatic rings. The number of hydrogen-bond donors (Lipinski definition) is 3. The van der Waals surface area contributed by atoms with Gasteiger partial charge in [0.1, 0.15) is 0 Å². The Morgan fingerprint density at radius 2 is 2.00 bits per heavy atom. The summed E-state index contributed by atoms with van der Waals surface area (Å²) >= 11 is 0. The quantitative estimate of drug-likeness (QED) is 0.690. The van der Waals surface area contributed by atoms with Gasteiger partial charge in [-0.15, -0.1) is 0 Å². The molecule has 1 aliphatic heterocycles. The zero-order valence-electron chi connectivity index (χ0n) is 13.0. The summed E-state index contributed by atoms with van der Waals surface area (Å²) in [6, 6.07) is 13.4. The summed E-state index contributed by atoms with van der Waals surface area (Å²) in [4.78, 5) is 15.1. The Kier molecular flexibility index (Phi) is 3.70. The number of carbonyl (C=O) groups is 1. The zero-order valence-corrected chi connectivity index (χ0v) is 13.0. The van der Waals surface area contributed by atoms with Crippen molar-refractivity contribution in [3.8, 4) is 11.5 Å². The Labute approximate surface area is 138 Å². The number of urea groups is 1. The molecular weight excluding hydrogens is 306 g/mol. The van der Waals surface area contributed by atoms with Gasteiger partial charge < -0.3 is 25.1 Å². The average molecular weight is 323 g/mol. The van der Waals surface area contributed by atoms with E-state index in [9.17, 15) is 4.79 Å². The van der Waals surface area contributed by atoms with Crippen molar-refractivity contribution in [2.24, 2.45) is 0 Å². The smallest absolute Gasteiger partial charge is 0.319 e. The van der Waals surface area contributed by atoms with Gasteiger partial charge in [0.2, 0.25) is 6.79 Å². The van der Waals surface area contributed by atoms with Gasteiger partial charge in [-0.3, -0.25) is 0 Å². The summed E-state index contributed by atoms with van der Waals surface area (Å²) in [6.45, 7) is 0.781. The molecule has 0 aliphatic carbocycles. The van der Waals surface area contributed by atoms with Gasteiger partial charge in [-0.1, -0.05) is 6.07 Å². The fraction of sp³-hybridized carbons (Fsp3) is 0.167. The first-order chi connectivity index (χ1) is 11.8. The highest BCUT2D eigenvalue weighted by molar-refractivity contribution is 5.89. The van der Waals surface area contributed by atoms with Crippen LogP contribution in [0.3, 0.4) is 0 Å². The third-order valence-electron chi connectivity index (χ3n) is 3.95. The first-order valence-corrected chi connectivity index (χ1v) is 7.78. The fourth-order valence-corrected chi connectivity index (χ4v) is 2.73. The molecule has 2 amide bonds. The summed E-state index contributed by atoms with van der Waals surface area (Å²) in [5.41, 5.74) is 2.98. The predicted octanol–water partition coefficient (Wildman–Crippen LogP) is 3.26. The number of fused-ring (bicyclic) bond motifs is 2. The molecule has 0 radical (unpaired) electrons. The van der Waals surface area contributed by atoms with E-state index < -0.39 is 0 Å². The first kappa shape index (κ1) is 14.4. The largest absolute Gasteiger partial charge is 0.454 e. The van der Waals surface area contributed by atoms with Crippen molar-refractivity contribution >= 4 is 22.6 Å². The van der Waals surface area contributed by atoms with E-state index in [1.54, 1.807) is 18.2 Å². The maximum Gasteiger partial charge on any atom is 0.319 e. The molecule has 0 atom stereocenters. The molecular formula is C18H17N3O3. The second-order valence-corrected chi connectivity index (χ2v) is 5.60. The maximum atomic E-state index is 12.0. The molecule has 3 N–H and O–H groups in total. The van der Waals surface area contributed by atoms with Crippen LogP contribution in [0.1, 0.15) is 5.56 Å². The van der Waals surface area contributed by atoms with Gasteiger partial charge in [-0.2, -0.15) is 0 Å². The molecule has 1 aromatic heterocycles. The minimum Gasteiger partial charge on any atom is -0.454 e. The van der Waals surface area contributed by atoms with Crippen LogP contribution in [0.25, 0.3) is 10.9 Å². The van der Waals surface area contributed by atoms with E-state index in [0.717, 1.165) is 11.9 Å². The van der Waals surface area contributed by atoms with Crippen molar-refractivity contribution in [3.63, 3.8) is 0 Å². The lowest BCUT2D eigenvalue weighted by atomic mass is 10.1. The number of amides is 2. The number of benzene rings is 2. The summed E-state index contributed by atoms with van der Waals surface area (Å²) in [5.74, 6) is 1.34. The minimum absolute atomic E-state index is 0.219. The Balaban J connectivity index is 1.30. The predicted molar refractivity (Wildman–Crippen MR) is 91.6 cm³/mol. The normalized spacial score (nSPS) is 12.3. The second kappa shape index (κ2) is 6.16. The van der Waals surface area contributed by atoms with E-state index in [1.807, 2.05) is 12.3 Å². The van der Waals surface area contributed by atoms with Gasteiger partial charge in [-0.05, 0) is 47.7 Å². The summed E-state index contributed by atoms with van der Waals surface area (Å²) < 4.78 is 10.5. The van der Waals surface area contributed by atoms with Crippen LogP contribution in [0.4, 0.5) is 10.5 Å². The third-order valence-corrected chi connectivity index (χ3v) is 3.95. The van der Waals surface area contributed by atoms with E-state index in [2.05, 4.69) is 33.8 Å². The third kappa shape index (κ3) is 2.99. The van der Waals surface area contributed by atoms with Crippen LogP contribution >= 0.6 is 0 Å². The van der Waals surface area contributed by atoms with Crippen LogP contribution in [0.2, 0.25) is 0 Å². The van der Waals surface area contributed by atoms with Crippen LogP contribution in [0.15, 0.2) is 48.7 Å². The number of H-pyrrole nitrogens is 1. The van der Waals surface area contributed by atoms with Crippen molar-refractivity contribution in [2.75, 3.05) is 18.7 Å². The highest BCUT2D eigenvalue weighted by atomic mass is 16.7. The molecule has 0 saturated heterocycles. The van der Waals surface area contributed by atoms with Crippen LogP contribution in [-0.4, -0.2) is 24.4 Å². The summed E-state index contributed by atoms with van der Waals surface area (Å²) in [7, 11) is 0. The topological polar surface area (TPSA) is 75.4 Å². The van der Waals surface area contributed by atoms with Crippen molar-refractivity contribution < 1.29 is 14.3 Å². The SMILES string of the molecule is O=C(NCCc1ccc2[nH]ccc2c1)Nc1ccc2c(c1)OCO2. The van der Waals surface area contributed by atoms with Gasteiger partial charge in [0, 0.05) is 30.0 Å². The molecule has 0 spiro atoms. The van der Waals surface area contributed by atoms with Gasteiger partial charge in [0.05, 0.1) is 0 Å². The van der Waals surface area contributed by atoms with E-state index in [4.69, 9.17) is 9.47 Å². The molecule has 6 heteroatoms. The summed E-state index contributed by atoms with van der Waals surface area (Å²) in [5, 5.41) is 6.83. The Morgan fingerprint density at radius 1 is 1.08 bits per heavy atom. The molecule has 0 unspecified atom stereocenters. The number of anilines is 1. The van der Waals surface area contributed by atoms with Crippen LogP contribution in [0, 0.1) is 0 Å². The molecule has 0 fully saturated rings. The van der Waals surface area contributed by atoms with E-state index in [0.29, 0.717) is 23.7 Å². The summed E-state index contributed by atoms with van der Waals surface area (Å²) in [6.07, 6.45) is 2.70. The lowest BCUT2D eigenvalue weighted by Gasteiger charge is -2.08. The molecule has 0 bridgehead atoms. The molecule has 0 saturated carbocycles. The van der Waals surface area contributed by atoms with Crippen molar-refractivity contribution in [1.29, 1.82) is 0 Å².